The number of nitrogens with zero attached hydrogens (tertiary/aromatic N) is 3. The topological polar surface area (TPSA) is 38.1 Å². The molecule has 7 heteroatoms. The third kappa shape index (κ3) is 3.00. The quantitative estimate of drug-likeness (QED) is 0.649. The van der Waals surface area contributed by atoms with Crippen molar-refractivity contribution < 1.29 is 4.79 Å². The molecule has 2 heterocycles. The van der Waals surface area contributed by atoms with Gasteiger partial charge in [0.25, 0.3) is 5.91 Å². The molecule has 118 valence electrons. The number of hydrogen-bond donors (Lipinski definition) is 0. The number of aryl methyl sites for hydroxylation is 1. The van der Waals surface area contributed by atoms with Crippen LogP contribution in [-0.2, 0) is 7.05 Å². The first kappa shape index (κ1) is 16.1. The fourth-order valence-electron chi connectivity index (χ4n) is 2.20. The number of carbonyl (C=O) groups is 1. The molecular formula is C16H13Cl2N3OS. The Morgan fingerprint density at radius 2 is 1.96 bits per heavy atom. The standard InChI is InChI=1S/C16H13Cl2N3OS/c1-10-9-23-16(19-10)21(11-6-4-3-5-7-11)15(22)13-8-12(17)14(18)20(13)2/h3-9H,1-2H3. The lowest BCUT2D eigenvalue weighted by molar-refractivity contribution is 0.0991. The monoisotopic (exact) mass is 365 g/mol. The Balaban J connectivity index is 2.12. The molecule has 1 amide bonds. The van der Waals surface area contributed by atoms with Crippen LogP contribution >= 0.6 is 34.5 Å². The van der Waals surface area contributed by atoms with Crippen molar-refractivity contribution >= 4 is 51.3 Å². The van der Waals surface area contributed by atoms with E-state index in [2.05, 4.69) is 4.98 Å². The van der Waals surface area contributed by atoms with Crippen LogP contribution in [0.3, 0.4) is 0 Å². The fourth-order valence-corrected chi connectivity index (χ4v) is 3.39. The molecule has 0 unspecified atom stereocenters. The van der Waals surface area contributed by atoms with Gasteiger partial charge in [-0.3, -0.25) is 9.69 Å². The number of carbonyl (C=O) groups excluding carboxylic acids is 1. The summed E-state index contributed by atoms with van der Waals surface area (Å²) in [5.41, 5.74) is 2.00. The summed E-state index contributed by atoms with van der Waals surface area (Å²) in [5, 5.41) is 3.19. The molecule has 0 bridgehead atoms. The van der Waals surface area contributed by atoms with Crippen LogP contribution in [0.15, 0.2) is 41.8 Å². The molecule has 3 aromatic rings. The highest BCUT2D eigenvalue weighted by Gasteiger charge is 2.26. The molecule has 1 aromatic carbocycles. The SMILES string of the molecule is Cc1csc(N(C(=O)c2cc(Cl)c(Cl)n2C)c2ccccc2)n1. The fraction of sp³-hybridized carbons (Fsp3) is 0.125. The third-order valence-corrected chi connectivity index (χ3v) is 5.14. The molecule has 0 spiro atoms. The van der Waals surface area contributed by atoms with Crippen LogP contribution in [0.2, 0.25) is 10.2 Å². The van der Waals surface area contributed by atoms with E-state index in [0.717, 1.165) is 11.4 Å². The molecule has 4 nitrogen and oxygen atoms in total. The summed E-state index contributed by atoms with van der Waals surface area (Å²) in [6.45, 7) is 1.89. The minimum atomic E-state index is -0.234. The lowest BCUT2D eigenvalue weighted by Crippen LogP contribution is -2.27. The molecule has 0 aliphatic heterocycles. The largest absolute Gasteiger partial charge is 0.329 e. The summed E-state index contributed by atoms with van der Waals surface area (Å²) in [6.07, 6.45) is 0. The minimum absolute atomic E-state index is 0.234. The van der Waals surface area contributed by atoms with Crippen LogP contribution in [-0.4, -0.2) is 15.5 Å². The number of rotatable bonds is 3. The van der Waals surface area contributed by atoms with Crippen LogP contribution in [0.1, 0.15) is 16.2 Å². The van der Waals surface area contributed by atoms with Gasteiger partial charge in [-0.25, -0.2) is 4.98 Å². The molecule has 3 rings (SSSR count). The van der Waals surface area contributed by atoms with Gasteiger partial charge in [0, 0.05) is 12.4 Å². The van der Waals surface area contributed by atoms with Gasteiger partial charge in [0.1, 0.15) is 10.8 Å². The van der Waals surface area contributed by atoms with Crippen molar-refractivity contribution in [3.05, 3.63) is 63.3 Å². The number of thiazole rings is 1. The molecule has 0 atom stereocenters. The number of aromatic nitrogens is 2. The van der Waals surface area contributed by atoms with Crippen LogP contribution in [0.25, 0.3) is 0 Å². The zero-order valence-electron chi connectivity index (χ0n) is 12.5. The second-order valence-corrected chi connectivity index (χ2v) is 6.58. The highest BCUT2D eigenvalue weighted by molar-refractivity contribution is 7.14. The van der Waals surface area contributed by atoms with E-state index in [-0.39, 0.29) is 5.91 Å². The summed E-state index contributed by atoms with van der Waals surface area (Å²) >= 11 is 13.5. The normalized spacial score (nSPS) is 10.8. The van der Waals surface area contributed by atoms with Crippen molar-refractivity contribution in [1.82, 2.24) is 9.55 Å². The predicted molar refractivity (Wildman–Crippen MR) is 95.2 cm³/mol. The molecule has 0 saturated carbocycles. The summed E-state index contributed by atoms with van der Waals surface area (Å²) < 4.78 is 1.57. The van der Waals surface area contributed by atoms with Crippen LogP contribution in [0, 0.1) is 6.92 Å². The van der Waals surface area contributed by atoms with Crippen molar-refractivity contribution in [2.45, 2.75) is 6.92 Å². The first-order valence-electron chi connectivity index (χ1n) is 6.81. The molecule has 2 aromatic heterocycles. The second-order valence-electron chi connectivity index (χ2n) is 4.97. The van der Waals surface area contributed by atoms with Crippen LogP contribution in [0.4, 0.5) is 10.8 Å². The predicted octanol–water partition coefficient (Wildman–Crippen LogP) is 5.08. The molecule has 0 aliphatic carbocycles. The van der Waals surface area contributed by atoms with E-state index in [0.29, 0.717) is 21.0 Å². The maximum absolute atomic E-state index is 13.1. The van der Waals surface area contributed by atoms with Gasteiger partial charge in [0.05, 0.1) is 16.4 Å². The first-order chi connectivity index (χ1) is 11.0. The van der Waals surface area contributed by atoms with Gasteiger partial charge in [0.2, 0.25) is 0 Å². The van der Waals surface area contributed by atoms with E-state index in [1.165, 1.54) is 11.3 Å². The minimum Gasteiger partial charge on any atom is -0.329 e. The lowest BCUT2D eigenvalue weighted by atomic mass is 10.2. The molecule has 0 N–H and O–H groups in total. The zero-order valence-corrected chi connectivity index (χ0v) is 14.8. The summed E-state index contributed by atoms with van der Waals surface area (Å²) in [5.74, 6) is -0.234. The van der Waals surface area contributed by atoms with Gasteiger partial charge in [-0.1, -0.05) is 41.4 Å². The molecule has 23 heavy (non-hydrogen) atoms. The third-order valence-electron chi connectivity index (χ3n) is 3.35. The Bertz CT molecular complexity index is 858. The van der Waals surface area contributed by atoms with E-state index in [9.17, 15) is 4.79 Å². The van der Waals surface area contributed by atoms with Crippen LogP contribution in [0.5, 0.6) is 0 Å². The van der Waals surface area contributed by atoms with Crippen molar-refractivity contribution in [3.63, 3.8) is 0 Å². The van der Waals surface area contributed by atoms with Crippen molar-refractivity contribution in [1.29, 1.82) is 0 Å². The number of amides is 1. The maximum atomic E-state index is 13.1. The van der Waals surface area contributed by atoms with Gasteiger partial charge in [0.15, 0.2) is 5.13 Å². The zero-order chi connectivity index (χ0) is 16.6. The summed E-state index contributed by atoms with van der Waals surface area (Å²) in [7, 11) is 1.71. The number of anilines is 2. The Kier molecular flexibility index (Phi) is 4.43. The Morgan fingerprint density at radius 3 is 2.48 bits per heavy atom. The first-order valence-corrected chi connectivity index (χ1v) is 8.45. The highest BCUT2D eigenvalue weighted by atomic mass is 35.5. The van der Waals surface area contributed by atoms with Crippen molar-refractivity contribution in [2.75, 3.05) is 4.90 Å². The Morgan fingerprint density at radius 1 is 1.26 bits per heavy atom. The van der Waals surface area contributed by atoms with Crippen molar-refractivity contribution in [3.8, 4) is 0 Å². The van der Waals surface area contributed by atoms with E-state index >= 15 is 0 Å². The van der Waals surface area contributed by atoms with Crippen LogP contribution < -0.4 is 4.90 Å². The van der Waals surface area contributed by atoms with E-state index in [1.54, 1.807) is 22.6 Å². The van der Waals surface area contributed by atoms with Gasteiger partial charge >= 0.3 is 0 Å². The lowest BCUT2D eigenvalue weighted by Gasteiger charge is -2.20. The number of halogens is 2. The molecule has 0 fully saturated rings. The molecule has 0 aliphatic rings. The average molecular weight is 366 g/mol. The molecular weight excluding hydrogens is 353 g/mol. The van der Waals surface area contributed by atoms with E-state index in [4.69, 9.17) is 23.2 Å². The number of hydrogen-bond acceptors (Lipinski definition) is 3. The van der Waals surface area contributed by atoms with Gasteiger partial charge in [-0.2, -0.15) is 0 Å². The number of benzene rings is 1. The van der Waals surface area contributed by atoms with E-state index < -0.39 is 0 Å². The van der Waals surface area contributed by atoms with Gasteiger partial charge in [-0.15, -0.1) is 11.3 Å². The van der Waals surface area contributed by atoms with Gasteiger partial charge in [-0.05, 0) is 25.1 Å². The average Bonchev–Trinajstić information content (AvgIpc) is 3.07. The van der Waals surface area contributed by atoms with Crippen molar-refractivity contribution in [2.24, 2.45) is 7.05 Å². The maximum Gasteiger partial charge on any atom is 0.281 e. The Labute approximate surface area is 147 Å². The summed E-state index contributed by atoms with van der Waals surface area (Å²) in [6, 6.07) is 10.9. The highest BCUT2D eigenvalue weighted by Crippen LogP contribution is 2.32. The smallest absolute Gasteiger partial charge is 0.281 e. The second kappa shape index (κ2) is 6.35. The van der Waals surface area contributed by atoms with Gasteiger partial charge < -0.3 is 4.57 Å². The van der Waals surface area contributed by atoms with E-state index in [1.807, 2.05) is 42.6 Å². The number of para-hydroxylation sites is 1. The molecule has 0 radical (unpaired) electrons. The Hall–Kier alpha value is -1.82. The summed E-state index contributed by atoms with van der Waals surface area (Å²) in [4.78, 5) is 19.1. The molecule has 0 saturated heterocycles.